The molecule has 0 radical (unpaired) electrons. The van der Waals surface area contributed by atoms with Crippen LogP contribution in [0.15, 0.2) is 95.7 Å². The highest BCUT2D eigenvalue weighted by atomic mass is 19.1. The molecule has 0 amide bonds. The maximum atomic E-state index is 13.2. The summed E-state index contributed by atoms with van der Waals surface area (Å²) in [6.45, 7) is 4.80. The molecule has 0 fully saturated rings. The fourth-order valence-electron chi connectivity index (χ4n) is 3.79. The topological polar surface area (TPSA) is 76.4 Å². The second-order valence-electron chi connectivity index (χ2n) is 7.24. The number of aliphatic imine (C=N–C) groups is 1. The van der Waals surface area contributed by atoms with Crippen molar-refractivity contribution in [3.8, 4) is 0 Å². The third kappa shape index (κ3) is 4.88. The van der Waals surface area contributed by atoms with E-state index in [0.717, 1.165) is 24.1 Å². The molecule has 0 heterocycles. The Morgan fingerprint density at radius 3 is 2.48 bits per heavy atom. The van der Waals surface area contributed by atoms with Crippen molar-refractivity contribution in [3.63, 3.8) is 0 Å². The number of hydrazine groups is 1. The van der Waals surface area contributed by atoms with Crippen molar-refractivity contribution in [3.05, 3.63) is 102 Å². The number of rotatable bonds is 7. The first-order chi connectivity index (χ1) is 14.1. The molecule has 150 valence electrons. The normalized spacial score (nSPS) is 21.9. The minimum Gasteiger partial charge on any atom is -0.404 e. The third-order valence-electron chi connectivity index (χ3n) is 5.35. The zero-order valence-electron chi connectivity index (χ0n) is 16.4. The lowest BCUT2D eigenvalue weighted by Gasteiger charge is -2.38. The molecule has 0 spiro atoms. The molecule has 4 nitrogen and oxygen atoms in total. The van der Waals surface area contributed by atoms with Gasteiger partial charge in [0.25, 0.3) is 0 Å². The lowest BCUT2D eigenvalue weighted by molar-refractivity contribution is 0.433. The Balaban J connectivity index is 2.05. The van der Waals surface area contributed by atoms with Crippen molar-refractivity contribution < 1.29 is 4.39 Å². The number of hydrogen-bond acceptors (Lipinski definition) is 4. The van der Waals surface area contributed by atoms with Gasteiger partial charge in [-0.05, 0) is 66.9 Å². The Labute approximate surface area is 171 Å². The van der Waals surface area contributed by atoms with Crippen LogP contribution < -0.4 is 17.0 Å². The van der Waals surface area contributed by atoms with Crippen molar-refractivity contribution in [1.82, 2.24) is 5.43 Å². The van der Waals surface area contributed by atoms with Gasteiger partial charge in [0, 0.05) is 12.0 Å². The summed E-state index contributed by atoms with van der Waals surface area (Å²) in [5.41, 5.74) is 13.3. The zero-order chi connectivity index (χ0) is 20.7. The summed E-state index contributed by atoms with van der Waals surface area (Å²) >= 11 is 0. The number of benzene rings is 2. The van der Waals surface area contributed by atoms with Crippen molar-refractivity contribution >= 4 is 11.4 Å². The van der Waals surface area contributed by atoms with Crippen LogP contribution >= 0.6 is 0 Å². The number of nitrogens with zero attached hydrogens (tertiary/aromatic N) is 1. The van der Waals surface area contributed by atoms with Gasteiger partial charge in [-0.15, -0.1) is 6.58 Å². The molecular formula is C24H27FN4. The molecule has 1 atom stereocenters. The predicted octanol–water partition coefficient (Wildman–Crippen LogP) is 4.34. The highest BCUT2D eigenvalue weighted by Gasteiger charge is 2.36. The summed E-state index contributed by atoms with van der Waals surface area (Å²) in [6.07, 6.45) is 7.97. The number of hydrogen-bond donors (Lipinski definition) is 3. The largest absolute Gasteiger partial charge is 0.404 e. The quantitative estimate of drug-likeness (QED) is 0.374. The molecule has 1 unspecified atom stereocenters. The molecule has 2 aromatic carbocycles. The Kier molecular flexibility index (Phi) is 6.75. The van der Waals surface area contributed by atoms with E-state index < -0.39 is 0 Å². The third-order valence-corrected chi connectivity index (χ3v) is 5.35. The van der Waals surface area contributed by atoms with Gasteiger partial charge in [-0.2, -0.15) is 0 Å². The van der Waals surface area contributed by atoms with E-state index in [4.69, 9.17) is 16.6 Å². The number of nitrogens with two attached hydrogens (primary N) is 2. The lowest BCUT2D eigenvalue weighted by atomic mass is 9.66. The SMILES string of the molecule is C=CC1(Cc2ccccc2)CC(=CN)C(=Nc2ccc(F)cc2)C=C1CCNN. The Morgan fingerprint density at radius 2 is 1.86 bits per heavy atom. The Morgan fingerprint density at radius 1 is 1.14 bits per heavy atom. The summed E-state index contributed by atoms with van der Waals surface area (Å²) in [5, 5.41) is 0. The number of allylic oxidation sites excluding steroid dienone is 3. The Bertz CT molecular complexity index is 929. The van der Waals surface area contributed by atoms with Gasteiger partial charge in [0.1, 0.15) is 5.82 Å². The highest BCUT2D eigenvalue weighted by molar-refractivity contribution is 6.11. The number of nitrogens with one attached hydrogen (secondary N) is 1. The van der Waals surface area contributed by atoms with Gasteiger partial charge in [-0.3, -0.25) is 11.3 Å². The van der Waals surface area contributed by atoms with E-state index in [1.165, 1.54) is 23.3 Å². The lowest BCUT2D eigenvalue weighted by Crippen LogP contribution is -2.33. The van der Waals surface area contributed by atoms with Crippen LogP contribution in [0, 0.1) is 11.2 Å². The van der Waals surface area contributed by atoms with E-state index in [1.807, 2.05) is 24.3 Å². The van der Waals surface area contributed by atoms with Crippen molar-refractivity contribution in [1.29, 1.82) is 0 Å². The van der Waals surface area contributed by atoms with Gasteiger partial charge < -0.3 is 5.73 Å². The van der Waals surface area contributed by atoms with E-state index >= 15 is 0 Å². The van der Waals surface area contributed by atoms with Crippen LogP contribution in [0.1, 0.15) is 18.4 Å². The van der Waals surface area contributed by atoms with Crippen LogP contribution in [0.25, 0.3) is 0 Å². The highest BCUT2D eigenvalue weighted by Crippen LogP contribution is 2.44. The maximum Gasteiger partial charge on any atom is 0.123 e. The second-order valence-corrected chi connectivity index (χ2v) is 7.24. The molecule has 0 aliphatic heterocycles. The standard InChI is InChI=1S/C24H27FN4/c1-2-24(15-18-6-4-3-5-7-18)16-19(17-26)23(14-20(24)12-13-28-27)29-22-10-8-21(25)9-11-22/h2-11,14,17,28H,1,12-13,15-16,26-27H2. The van der Waals surface area contributed by atoms with Crippen molar-refractivity contribution in [2.75, 3.05) is 6.54 Å². The first kappa shape index (κ1) is 20.7. The molecule has 0 saturated heterocycles. The molecule has 1 aliphatic rings. The monoisotopic (exact) mass is 390 g/mol. The first-order valence-electron chi connectivity index (χ1n) is 9.67. The molecule has 3 rings (SSSR count). The number of halogens is 1. The van der Waals surface area contributed by atoms with Crippen LogP contribution in [-0.2, 0) is 6.42 Å². The zero-order valence-corrected chi connectivity index (χ0v) is 16.4. The van der Waals surface area contributed by atoms with E-state index in [9.17, 15) is 4.39 Å². The van der Waals surface area contributed by atoms with Crippen LogP contribution in [0.4, 0.5) is 10.1 Å². The predicted molar refractivity (Wildman–Crippen MR) is 118 cm³/mol. The van der Waals surface area contributed by atoms with Gasteiger partial charge in [0.2, 0.25) is 0 Å². The average Bonchev–Trinajstić information content (AvgIpc) is 2.75. The van der Waals surface area contributed by atoms with E-state index in [2.05, 4.69) is 30.2 Å². The minimum absolute atomic E-state index is 0.273. The van der Waals surface area contributed by atoms with Crippen LogP contribution in [-0.4, -0.2) is 12.3 Å². The molecule has 1 aliphatic carbocycles. The maximum absolute atomic E-state index is 13.2. The van der Waals surface area contributed by atoms with Gasteiger partial charge in [-0.25, -0.2) is 9.38 Å². The van der Waals surface area contributed by atoms with Crippen molar-refractivity contribution in [2.24, 2.45) is 22.0 Å². The molecule has 0 aromatic heterocycles. The average molecular weight is 391 g/mol. The summed E-state index contributed by atoms with van der Waals surface area (Å²) in [4.78, 5) is 4.72. The fourth-order valence-corrected chi connectivity index (χ4v) is 3.79. The first-order valence-corrected chi connectivity index (χ1v) is 9.67. The molecule has 2 aromatic rings. The van der Waals surface area contributed by atoms with E-state index in [1.54, 1.807) is 18.3 Å². The molecule has 5 heteroatoms. The van der Waals surface area contributed by atoms with E-state index in [-0.39, 0.29) is 11.2 Å². The Hall–Kier alpha value is -3.02. The van der Waals surface area contributed by atoms with Gasteiger partial charge in [-0.1, -0.05) is 42.0 Å². The minimum atomic E-state index is -0.286. The second kappa shape index (κ2) is 9.45. The molecule has 0 bridgehead atoms. The van der Waals surface area contributed by atoms with Gasteiger partial charge in [0.15, 0.2) is 0 Å². The van der Waals surface area contributed by atoms with Crippen molar-refractivity contribution in [2.45, 2.75) is 19.3 Å². The summed E-state index contributed by atoms with van der Waals surface area (Å²) in [6, 6.07) is 16.5. The molecule has 29 heavy (non-hydrogen) atoms. The molecular weight excluding hydrogens is 363 g/mol. The summed E-state index contributed by atoms with van der Waals surface area (Å²) < 4.78 is 13.2. The van der Waals surface area contributed by atoms with Crippen LogP contribution in [0.3, 0.4) is 0 Å². The van der Waals surface area contributed by atoms with Crippen LogP contribution in [0.5, 0.6) is 0 Å². The van der Waals surface area contributed by atoms with Gasteiger partial charge >= 0.3 is 0 Å². The van der Waals surface area contributed by atoms with Crippen LogP contribution in [0.2, 0.25) is 0 Å². The van der Waals surface area contributed by atoms with E-state index in [0.29, 0.717) is 18.7 Å². The molecule has 0 saturated carbocycles. The fraction of sp³-hybridized carbons (Fsp3) is 0.208. The molecule has 5 N–H and O–H groups in total. The smallest absolute Gasteiger partial charge is 0.123 e. The summed E-state index contributed by atoms with van der Waals surface area (Å²) in [5.74, 6) is 5.27. The van der Waals surface area contributed by atoms with Gasteiger partial charge in [0.05, 0.1) is 11.4 Å². The summed E-state index contributed by atoms with van der Waals surface area (Å²) in [7, 11) is 0.